The van der Waals surface area contributed by atoms with Gasteiger partial charge in [-0.25, -0.2) is 9.97 Å². The lowest BCUT2D eigenvalue weighted by Gasteiger charge is -2.47. The maximum absolute atomic E-state index is 13.1. The molecule has 7 nitrogen and oxygen atoms in total. The monoisotopic (exact) mass is 367 g/mol. The zero-order valence-electron chi connectivity index (χ0n) is 15.8. The minimum Gasteiger partial charge on any atom is -0.375 e. The van der Waals surface area contributed by atoms with Gasteiger partial charge >= 0.3 is 0 Å². The van der Waals surface area contributed by atoms with Gasteiger partial charge in [-0.15, -0.1) is 0 Å². The number of ether oxygens (including phenoxy) is 1. The van der Waals surface area contributed by atoms with Crippen LogP contribution in [0.2, 0.25) is 0 Å². The molecule has 0 unspecified atom stereocenters. The fraction of sp³-hybridized carbons (Fsp3) is 0.500. The highest BCUT2D eigenvalue weighted by Crippen LogP contribution is 2.26. The molecule has 4 heterocycles. The molecule has 0 radical (unpaired) electrons. The summed E-state index contributed by atoms with van der Waals surface area (Å²) in [7, 11) is 0. The first-order chi connectivity index (χ1) is 13.1. The van der Waals surface area contributed by atoms with Crippen LogP contribution < -0.4 is 0 Å². The van der Waals surface area contributed by atoms with Crippen molar-refractivity contribution in [1.29, 1.82) is 0 Å². The van der Waals surface area contributed by atoms with E-state index in [1.54, 1.807) is 0 Å². The first kappa shape index (κ1) is 18.0. The summed E-state index contributed by atoms with van der Waals surface area (Å²) in [5.74, 6) is -0.00844. The highest BCUT2D eigenvalue weighted by atomic mass is 16.5. The Morgan fingerprint density at radius 2 is 2.04 bits per heavy atom. The third kappa shape index (κ3) is 3.70. The molecule has 0 saturated carbocycles. The fourth-order valence-corrected chi connectivity index (χ4v) is 3.95. The summed E-state index contributed by atoms with van der Waals surface area (Å²) in [5, 5.41) is 0. The fourth-order valence-electron chi connectivity index (χ4n) is 3.95. The van der Waals surface area contributed by atoms with Gasteiger partial charge in [-0.1, -0.05) is 0 Å². The first-order valence-electron chi connectivity index (χ1n) is 9.45. The summed E-state index contributed by atoms with van der Waals surface area (Å²) >= 11 is 0. The van der Waals surface area contributed by atoms with Gasteiger partial charge in [0.2, 0.25) is 0 Å². The molecule has 2 aliphatic heterocycles. The number of rotatable bonds is 3. The number of fused-ring (bicyclic) bond motifs is 1. The van der Waals surface area contributed by atoms with Crippen LogP contribution in [0.5, 0.6) is 0 Å². The number of nitrogens with zero attached hydrogens (tertiary/aromatic N) is 5. The van der Waals surface area contributed by atoms with Gasteiger partial charge in [-0.05, 0) is 38.0 Å². The van der Waals surface area contributed by atoms with Crippen LogP contribution in [0.15, 0.2) is 30.9 Å². The first-order valence-corrected chi connectivity index (χ1v) is 9.45. The van der Waals surface area contributed by atoms with Crippen LogP contribution in [0.1, 0.15) is 33.7 Å². The van der Waals surface area contributed by atoms with Gasteiger partial charge in [0.05, 0.1) is 18.8 Å². The summed E-state index contributed by atoms with van der Waals surface area (Å²) < 4.78 is 6.01. The second kappa shape index (κ2) is 7.70. The molecule has 2 aromatic rings. The molecule has 0 spiro atoms. The Bertz CT molecular complexity index is 813. The average molecular weight is 367 g/mol. The molecular formula is C20H25N5O2. The van der Waals surface area contributed by atoms with Crippen molar-refractivity contribution in [3.05, 3.63) is 53.4 Å². The van der Waals surface area contributed by atoms with Crippen molar-refractivity contribution in [1.82, 2.24) is 24.8 Å². The van der Waals surface area contributed by atoms with E-state index >= 15 is 0 Å². The Hall–Kier alpha value is -2.38. The number of carbonyl (C=O) groups excluding carboxylic acids is 1. The van der Waals surface area contributed by atoms with Gasteiger partial charge < -0.3 is 9.64 Å². The van der Waals surface area contributed by atoms with E-state index in [1.807, 2.05) is 43.3 Å². The highest BCUT2D eigenvalue weighted by molar-refractivity contribution is 5.93. The van der Waals surface area contributed by atoms with Gasteiger partial charge in [-0.3, -0.25) is 14.7 Å². The molecule has 2 atom stereocenters. The summed E-state index contributed by atoms with van der Waals surface area (Å²) in [6.45, 7) is 7.64. The second-order valence-corrected chi connectivity index (χ2v) is 7.28. The van der Waals surface area contributed by atoms with E-state index in [0.717, 1.165) is 37.4 Å². The molecule has 0 bridgehead atoms. The van der Waals surface area contributed by atoms with E-state index in [2.05, 4.69) is 19.9 Å². The number of piperidine rings is 1. The molecule has 0 aliphatic carbocycles. The predicted molar refractivity (Wildman–Crippen MR) is 100 cm³/mol. The zero-order valence-corrected chi connectivity index (χ0v) is 15.8. The van der Waals surface area contributed by atoms with Crippen LogP contribution in [0.3, 0.4) is 0 Å². The molecule has 1 amide bonds. The maximum Gasteiger partial charge on any atom is 0.272 e. The molecule has 2 fully saturated rings. The standard InChI is InChI=1S/C20H25N5O2/c1-14-15(2)22-13-23-19(14)20(26)25-8-5-18-17(12-25)24(9-10-27-18)11-16-3-6-21-7-4-16/h3-4,6-7,13,17-18H,5,8-12H2,1-2H3/t17-,18-/m0/s1. The number of aryl methyl sites for hydroxylation is 1. The number of morpholine rings is 1. The van der Waals surface area contributed by atoms with Crippen molar-refractivity contribution in [2.24, 2.45) is 0 Å². The predicted octanol–water partition coefficient (Wildman–Crippen LogP) is 1.60. The minimum absolute atomic E-state index is 0.00844. The number of hydrogen-bond acceptors (Lipinski definition) is 6. The van der Waals surface area contributed by atoms with Crippen molar-refractivity contribution in [3.63, 3.8) is 0 Å². The molecule has 142 valence electrons. The Kier molecular flexibility index (Phi) is 5.13. The van der Waals surface area contributed by atoms with Crippen molar-refractivity contribution in [3.8, 4) is 0 Å². The Balaban J connectivity index is 1.51. The Morgan fingerprint density at radius 3 is 2.85 bits per heavy atom. The second-order valence-electron chi connectivity index (χ2n) is 7.28. The van der Waals surface area contributed by atoms with E-state index in [-0.39, 0.29) is 18.1 Å². The number of carbonyl (C=O) groups is 1. The SMILES string of the molecule is Cc1ncnc(C(=O)N2CC[C@@H]3OCCN(Cc4ccncc4)[C@H]3C2)c1C. The lowest BCUT2D eigenvalue weighted by molar-refractivity contribution is -0.101. The van der Waals surface area contributed by atoms with Crippen molar-refractivity contribution >= 4 is 5.91 Å². The number of pyridine rings is 1. The maximum atomic E-state index is 13.1. The van der Waals surface area contributed by atoms with Crippen LogP contribution in [0.25, 0.3) is 0 Å². The summed E-state index contributed by atoms with van der Waals surface area (Å²) in [4.78, 5) is 30.0. The van der Waals surface area contributed by atoms with Crippen LogP contribution in [-0.2, 0) is 11.3 Å². The lowest BCUT2D eigenvalue weighted by Crippen LogP contribution is -2.60. The summed E-state index contributed by atoms with van der Waals surface area (Å²) in [5.41, 5.74) is 3.46. The van der Waals surface area contributed by atoms with Crippen LogP contribution in [0.4, 0.5) is 0 Å². The minimum atomic E-state index is -0.00844. The molecule has 0 N–H and O–H groups in total. The molecule has 0 aromatic carbocycles. The molecule has 2 aromatic heterocycles. The smallest absolute Gasteiger partial charge is 0.272 e. The van der Waals surface area contributed by atoms with Gasteiger partial charge in [-0.2, -0.15) is 0 Å². The number of aromatic nitrogens is 3. The van der Waals surface area contributed by atoms with Crippen molar-refractivity contribution in [2.45, 2.75) is 39.0 Å². The topological polar surface area (TPSA) is 71.5 Å². The highest BCUT2D eigenvalue weighted by Gasteiger charge is 2.39. The van der Waals surface area contributed by atoms with E-state index in [1.165, 1.54) is 11.9 Å². The van der Waals surface area contributed by atoms with Crippen molar-refractivity contribution < 1.29 is 9.53 Å². The van der Waals surface area contributed by atoms with Crippen LogP contribution in [-0.4, -0.2) is 69.0 Å². The quantitative estimate of drug-likeness (QED) is 0.821. The zero-order chi connectivity index (χ0) is 18.8. The van der Waals surface area contributed by atoms with Gasteiger partial charge in [0.25, 0.3) is 5.91 Å². The normalized spacial score (nSPS) is 23.1. The summed E-state index contributed by atoms with van der Waals surface area (Å²) in [6, 6.07) is 4.29. The van der Waals surface area contributed by atoms with Crippen molar-refractivity contribution in [2.75, 3.05) is 26.2 Å². The lowest BCUT2D eigenvalue weighted by atomic mass is 9.97. The van der Waals surface area contributed by atoms with E-state index < -0.39 is 0 Å². The molecule has 7 heteroatoms. The average Bonchev–Trinajstić information content (AvgIpc) is 2.70. The Labute approximate surface area is 159 Å². The van der Waals surface area contributed by atoms with Crippen LogP contribution >= 0.6 is 0 Å². The van der Waals surface area contributed by atoms with Gasteiger partial charge in [0.1, 0.15) is 12.0 Å². The van der Waals surface area contributed by atoms with Gasteiger partial charge in [0.15, 0.2) is 0 Å². The third-order valence-corrected chi connectivity index (χ3v) is 5.66. The van der Waals surface area contributed by atoms with Gasteiger partial charge in [0, 0.05) is 49.8 Å². The Morgan fingerprint density at radius 1 is 1.22 bits per heavy atom. The van der Waals surface area contributed by atoms with Crippen LogP contribution in [0, 0.1) is 13.8 Å². The largest absolute Gasteiger partial charge is 0.375 e. The van der Waals surface area contributed by atoms with E-state index in [4.69, 9.17) is 4.74 Å². The van der Waals surface area contributed by atoms with E-state index in [9.17, 15) is 4.79 Å². The summed E-state index contributed by atoms with van der Waals surface area (Å²) in [6.07, 6.45) is 6.15. The van der Waals surface area contributed by atoms with E-state index in [0.29, 0.717) is 18.8 Å². The number of hydrogen-bond donors (Lipinski definition) is 0. The molecule has 2 aliphatic rings. The third-order valence-electron chi connectivity index (χ3n) is 5.66. The number of likely N-dealkylation sites (tertiary alicyclic amines) is 1. The molecule has 2 saturated heterocycles. The molecule has 27 heavy (non-hydrogen) atoms. The molecular weight excluding hydrogens is 342 g/mol. The number of amides is 1. The molecule has 4 rings (SSSR count).